The van der Waals surface area contributed by atoms with Crippen LogP contribution >= 0.6 is 11.6 Å². The van der Waals surface area contributed by atoms with Gasteiger partial charge in [0.1, 0.15) is 5.75 Å². The molecule has 0 saturated heterocycles. The van der Waals surface area contributed by atoms with Gasteiger partial charge in [0.2, 0.25) is 0 Å². The van der Waals surface area contributed by atoms with Crippen molar-refractivity contribution in [3.63, 3.8) is 0 Å². The lowest BCUT2D eigenvalue weighted by atomic mass is 10.1. The Morgan fingerprint density at radius 1 is 1.08 bits per heavy atom. The first kappa shape index (κ1) is 18.8. The Morgan fingerprint density at radius 3 is 2.32 bits per heavy atom. The zero-order valence-corrected chi connectivity index (χ0v) is 14.9. The number of ether oxygens (including phenoxy) is 2. The normalized spacial score (nSPS) is 11.5. The first-order valence-corrected chi connectivity index (χ1v) is 8.33. The molecule has 0 aromatic heterocycles. The molecule has 0 aliphatic rings. The Kier molecular flexibility index (Phi) is 6.83. The van der Waals surface area contributed by atoms with Gasteiger partial charge in [-0.3, -0.25) is 4.79 Å². The van der Waals surface area contributed by atoms with Crippen LogP contribution in [0, 0.1) is 0 Å². The molecule has 132 valence electrons. The van der Waals surface area contributed by atoms with Gasteiger partial charge in [0, 0.05) is 10.7 Å². The Bertz CT molecular complexity index is 713. The second-order valence-electron chi connectivity index (χ2n) is 5.41. The van der Waals surface area contributed by atoms with Gasteiger partial charge in [-0.2, -0.15) is 0 Å². The highest BCUT2D eigenvalue weighted by Crippen LogP contribution is 2.15. The summed E-state index contributed by atoms with van der Waals surface area (Å²) in [4.78, 5) is 23.9. The second-order valence-corrected chi connectivity index (χ2v) is 5.85. The molecule has 0 radical (unpaired) electrons. The van der Waals surface area contributed by atoms with Crippen LogP contribution in [-0.4, -0.2) is 24.6 Å². The minimum atomic E-state index is -0.924. The molecule has 6 heteroatoms. The summed E-state index contributed by atoms with van der Waals surface area (Å²) >= 11 is 5.77. The van der Waals surface area contributed by atoms with E-state index in [4.69, 9.17) is 21.1 Å². The number of amides is 1. The highest BCUT2D eigenvalue weighted by molar-refractivity contribution is 6.30. The first-order chi connectivity index (χ1) is 12.0. The maximum atomic E-state index is 12.1. The molecule has 2 rings (SSSR count). The lowest BCUT2D eigenvalue weighted by Crippen LogP contribution is -2.31. The molecule has 0 aliphatic heterocycles. The van der Waals surface area contributed by atoms with Crippen LogP contribution in [0.5, 0.6) is 5.75 Å². The van der Waals surface area contributed by atoms with E-state index in [9.17, 15) is 9.59 Å². The molecule has 5 nitrogen and oxygen atoms in total. The van der Waals surface area contributed by atoms with Crippen LogP contribution in [0.1, 0.15) is 19.4 Å². The van der Waals surface area contributed by atoms with Gasteiger partial charge in [-0.15, -0.1) is 0 Å². The Morgan fingerprint density at radius 2 is 1.72 bits per heavy atom. The molecule has 1 amide bonds. The lowest BCUT2D eigenvalue weighted by Gasteiger charge is -2.14. The average molecular weight is 362 g/mol. The van der Waals surface area contributed by atoms with Gasteiger partial charge in [0.05, 0.1) is 0 Å². The molecule has 0 bridgehead atoms. The van der Waals surface area contributed by atoms with Crippen LogP contribution in [0.15, 0.2) is 48.5 Å². The second kappa shape index (κ2) is 9.08. The van der Waals surface area contributed by atoms with E-state index >= 15 is 0 Å². The molecule has 0 aliphatic carbocycles. The fraction of sp³-hybridized carbons (Fsp3) is 0.263. The van der Waals surface area contributed by atoms with E-state index < -0.39 is 18.0 Å². The van der Waals surface area contributed by atoms with E-state index in [1.807, 2.05) is 24.3 Å². The number of anilines is 1. The van der Waals surface area contributed by atoms with Crippen molar-refractivity contribution in [3.8, 4) is 5.75 Å². The smallest absolute Gasteiger partial charge is 0.344 e. The van der Waals surface area contributed by atoms with Crippen molar-refractivity contribution < 1.29 is 19.1 Å². The predicted molar refractivity (Wildman–Crippen MR) is 97.0 cm³/mol. The number of hydrogen-bond donors (Lipinski definition) is 1. The van der Waals surface area contributed by atoms with Gasteiger partial charge < -0.3 is 14.8 Å². The third kappa shape index (κ3) is 6.12. The molecule has 0 fully saturated rings. The molecule has 1 N–H and O–H groups in total. The van der Waals surface area contributed by atoms with Crippen molar-refractivity contribution in [2.75, 3.05) is 11.9 Å². The van der Waals surface area contributed by atoms with Crippen LogP contribution in [-0.2, 0) is 20.7 Å². The average Bonchev–Trinajstić information content (AvgIpc) is 2.61. The van der Waals surface area contributed by atoms with Crippen molar-refractivity contribution in [3.05, 3.63) is 59.1 Å². The lowest BCUT2D eigenvalue weighted by molar-refractivity contribution is -0.155. The predicted octanol–water partition coefficient (Wildman–Crippen LogP) is 3.85. The number of benzene rings is 2. The molecule has 0 saturated carbocycles. The summed E-state index contributed by atoms with van der Waals surface area (Å²) in [6, 6.07) is 14.1. The summed E-state index contributed by atoms with van der Waals surface area (Å²) < 4.78 is 10.4. The molecule has 1 atom stereocenters. The highest BCUT2D eigenvalue weighted by Gasteiger charge is 2.18. The van der Waals surface area contributed by atoms with Gasteiger partial charge >= 0.3 is 5.97 Å². The zero-order chi connectivity index (χ0) is 18.2. The van der Waals surface area contributed by atoms with Gasteiger partial charge in [-0.1, -0.05) is 30.7 Å². The minimum absolute atomic E-state index is 0.287. The fourth-order valence-corrected chi connectivity index (χ4v) is 2.15. The summed E-state index contributed by atoms with van der Waals surface area (Å²) in [6.07, 6.45) is 0.00253. The third-order valence-electron chi connectivity index (χ3n) is 3.48. The van der Waals surface area contributed by atoms with Crippen LogP contribution in [0.2, 0.25) is 5.02 Å². The zero-order valence-electron chi connectivity index (χ0n) is 14.1. The van der Waals surface area contributed by atoms with Crippen LogP contribution < -0.4 is 10.1 Å². The van der Waals surface area contributed by atoms with Gasteiger partial charge in [-0.25, -0.2) is 4.79 Å². The van der Waals surface area contributed by atoms with Crippen LogP contribution in [0.4, 0.5) is 5.69 Å². The maximum Gasteiger partial charge on any atom is 0.344 e. The number of carbonyl (C=O) groups is 2. The monoisotopic (exact) mass is 361 g/mol. The summed E-state index contributed by atoms with van der Waals surface area (Å²) in [5.41, 5.74) is 1.83. The maximum absolute atomic E-state index is 12.1. The first-order valence-electron chi connectivity index (χ1n) is 7.95. The van der Waals surface area contributed by atoms with E-state index in [1.54, 1.807) is 24.3 Å². The van der Waals surface area contributed by atoms with Crippen molar-refractivity contribution in [2.24, 2.45) is 0 Å². The Balaban J connectivity index is 1.78. The number of esters is 1. The van der Waals surface area contributed by atoms with Crippen LogP contribution in [0.25, 0.3) is 0 Å². The largest absolute Gasteiger partial charge is 0.482 e. The van der Waals surface area contributed by atoms with Gasteiger partial charge in [-0.05, 0) is 55.3 Å². The summed E-state index contributed by atoms with van der Waals surface area (Å²) in [7, 11) is 0. The molecule has 0 heterocycles. The number of hydrogen-bond acceptors (Lipinski definition) is 4. The van der Waals surface area contributed by atoms with Crippen molar-refractivity contribution >= 4 is 29.2 Å². The van der Waals surface area contributed by atoms with Gasteiger partial charge in [0.25, 0.3) is 5.91 Å². The van der Waals surface area contributed by atoms with E-state index in [-0.39, 0.29) is 6.61 Å². The topological polar surface area (TPSA) is 64.6 Å². The van der Waals surface area contributed by atoms with Crippen molar-refractivity contribution in [1.82, 2.24) is 0 Å². The quantitative estimate of drug-likeness (QED) is 0.761. The molecule has 1 unspecified atom stereocenters. The summed E-state index contributed by atoms with van der Waals surface area (Å²) in [6.45, 7) is 3.28. The van der Waals surface area contributed by atoms with Gasteiger partial charge in [0.15, 0.2) is 12.7 Å². The highest BCUT2D eigenvalue weighted by atomic mass is 35.5. The van der Waals surface area contributed by atoms with Crippen molar-refractivity contribution in [2.45, 2.75) is 26.4 Å². The summed E-state index contributed by atoms with van der Waals surface area (Å²) in [5, 5.41) is 3.28. The molecular formula is C19H20ClNO4. The van der Waals surface area contributed by atoms with E-state index in [0.717, 1.165) is 6.42 Å². The molecular weight excluding hydrogens is 342 g/mol. The van der Waals surface area contributed by atoms with Crippen LogP contribution in [0.3, 0.4) is 0 Å². The number of nitrogens with one attached hydrogen (secondary N) is 1. The number of halogens is 1. The third-order valence-corrected chi connectivity index (χ3v) is 3.73. The minimum Gasteiger partial charge on any atom is -0.482 e. The number of carbonyl (C=O) groups excluding carboxylic acids is 2. The SMILES string of the molecule is CCc1ccc(NC(=O)C(C)OC(=O)COc2ccc(Cl)cc2)cc1. The fourth-order valence-electron chi connectivity index (χ4n) is 2.03. The van der Waals surface area contributed by atoms with E-state index in [0.29, 0.717) is 16.5 Å². The number of aryl methyl sites for hydroxylation is 1. The van der Waals surface area contributed by atoms with E-state index in [1.165, 1.54) is 12.5 Å². The Labute approximate surface area is 151 Å². The summed E-state index contributed by atoms with van der Waals surface area (Å²) in [5.74, 6) is -0.530. The molecule has 2 aromatic carbocycles. The van der Waals surface area contributed by atoms with Crippen molar-refractivity contribution in [1.29, 1.82) is 0 Å². The van der Waals surface area contributed by atoms with E-state index in [2.05, 4.69) is 12.2 Å². The molecule has 0 spiro atoms. The Hall–Kier alpha value is -2.53. The molecule has 25 heavy (non-hydrogen) atoms. The standard InChI is InChI=1S/C19H20ClNO4/c1-3-14-4-8-16(9-5-14)21-19(23)13(2)25-18(22)12-24-17-10-6-15(20)7-11-17/h4-11,13H,3,12H2,1-2H3,(H,21,23). The molecule has 2 aromatic rings. The number of rotatable bonds is 7.